The first-order valence-corrected chi connectivity index (χ1v) is 12.0. The van der Waals surface area contributed by atoms with E-state index in [0.29, 0.717) is 22.2 Å². The number of nitrogens with one attached hydrogen (secondary N) is 1. The molecule has 1 aromatic heterocycles. The summed E-state index contributed by atoms with van der Waals surface area (Å²) >= 11 is 1.49. The topological polar surface area (TPSA) is 64.6 Å². The molecule has 6 heteroatoms. The van der Waals surface area contributed by atoms with Crippen LogP contribution < -0.4 is 10.1 Å². The van der Waals surface area contributed by atoms with Crippen LogP contribution in [0.15, 0.2) is 24.3 Å². The molecule has 0 spiro atoms. The molecule has 1 atom stereocenters. The second kappa shape index (κ2) is 9.26. The fourth-order valence-electron chi connectivity index (χ4n) is 4.25. The van der Waals surface area contributed by atoms with Gasteiger partial charge in [-0.05, 0) is 53.2 Å². The molecule has 174 valence electrons. The zero-order valence-electron chi connectivity index (χ0n) is 20.3. The SMILES string of the molecule is COC(=O)c1c(NC(=O)COc2ccccc2C(C)(C)C)sc2c1CCC(C(C)(C)C)C2. The number of thiophene rings is 1. The Morgan fingerprint density at radius 1 is 1.12 bits per heavy atom. The molecule has 1 heterocycles. The summed E-state index contributed by atoms with van der Waals surface area (Å²) in [4.78, 5) is 26.5. The molecule has 3 rings (SSSR count). The van der Waals surface area contributed by atoms with Gasteiger partial charge in [-0.15, -0.1) is 11.3 Å². The van der Waals surface area contributed by atoms with Gasteiger partial charge < -0.3 is 14.8 Å². The number of hydrogen-bond acceptors (Lipinski definition) is 5. The molecule has 0 bridgehead atoms. The Morgan fingerprint density at radius 2 is 1.81 bits per heavy atom. The van der Waals surface area contributed by atoms with Crippen molar-refractivity contribution in [1.29, 1.82) is 0 Å². The van der Waals surface area contributed by atoms with Gasteiger partial charge in [0.2, 0.25) is 0 Å². The third-order valence-electron chi connectivity index (χ3n) is 6.19. The highest BCUT2D eigenvalue weighted by Crippen LogP contribution is 2.44. The number of esters is 1. The van der Waals surface area contributed by atoms with Gasteiger partial charge in [-0.3, -0.25) is 4.79 Å². The van der Waals surface area contributed by atoms with Crippen LogP contribution in [-0.2, 0) is 27.8 Å². The Labute approximate surface area is 195 Å². The van der Waals surface area contributed by atoms with Crippen LogP contribution in [0.25, 0.3) is 0 Å². The maximum absolute atomic E-state index is 12.8. The molecule has 1 unspecified atom stereocenters. The van der Waals surface area contributed by atoms with E-state index in [1.54, 1.807) is 0 Å². The molecule has 1 N–H and O–H groups in total. The summed E-state index contributed by atoms with van der Waals surface area (Å²) in [6.45, 7) is 13.0. The molecule has 32 heavy (non-hydrogen) atoms. The number of amides is 1. The average Bonchev–Trinajstić information content (AvgIpc) is 3.07. The number of methoxy groups -OCH3 is 1. The number of carbonyl (C=O) groups excluding carboxylic acids is 2. The Bertz CT molecular complexity index is 994. The van der Waals surface area contributed by atoms with Crippen LogP contribution in [0.2, 0.25) is 0 Å². The highest BCUT2D eigenvalue weighted by atomic mass is 32.1. The molecular weight excluding hydrogens is 422 g/mol. The first-order valence-electron chi connectivity index (χ1n) is 11.2. The lowest BCUT2D eigenvalue weighted by Gasteiger charge is -2.33. The molecule has 0 saturated heterocycles. The standard InChI is InChI=1S/C26H35NO4S/c1-25(2,3)16-12-13-17-20(14-16)32-23(22(17)24(29)30-7)27-21(28)15-31-19-11-9-8-10-18(19)26(4,5)6/h8-11,16H,12-15H2,1-7H3,(H,27,28). The van der Waals surface area contributed by atoms with E-state index < -0.39 is 5.97 Å². The van der Waals surface area contributed by atoms with Gasteiger partial charge in [0.1, 0.15) is 10.8 Å². The first kappa shape index (κ1) is 24.3. The maximum atomic E-state index is 12.8. The van der Waals surface area contributed by atoms with E-state index >= 15 is 0 Å². The van der Waals surface area contributed by atoms with Gasteiger partial charge in [0.05, 0.1) is 12.7 Å². The van der Waals surface area contributed by atoms with Crippen molar-refractivity contribution in [1.82, 2.24) is 0 Å². The number of para-hydroxylation sites is 1. The van der Waals surface area contributed by atoms with Crippen molar-refractivity contribution < 1.29 is 19.1 Å². The van der Waals surface area contributed by atoms with Gasteiger partial charge in [0, 0.05) is 4.88 Å². The largest absolute Gasteiger partial charge is 0.483 e. The number of carbonyl (C=O) groups is 2. The Hall–Kier alpha value is -2.34. The minimum Gasteiger partial charge on any atom is -0.483 e. The highest BCUT2D eigenvalue weighted by molar-refractivity contribution is 7.17. The summed E-state index contributed by atoms with van der Waals surface area (Å²) in [5.41, 5.74) is 2.68. The van der Waals surface area contributed by atoms with Crippen molar-refractivity contribution >= 4 is 28.2 Å². The lowest BCUT2D eigenvalue weighted by molar-refractivity contribution is -0.118. The molecule has 1 aliphatic carbocycles. The molecule has 5 nitrogen and oxygen atoms in total. The van der Waals surface area contributed by atoms with Crippen molar-refractivity contribution in [3.63, 3.8) is 0 Å². The minimum atomic E-state index is -0.397. The van der Waals surface area contributed by atoms with Crippen LogP contribution in [0, 0.1) is 11.3 Å². The van der Waals surface area contributed by atoms with Crippen LogP contribution in [0.4, 0.5) is 5.00 Å². The monoisotopic (exact) mass is 457 g/mol. The Balaban J connectivity index is 1.78. The number of hydrogen-bond donors (Lipinski definition) is 1. The van der Waals surface area contributed by atoms with E-state index in [-0.39, 0.29) is 23.3 Å². The lowest BCUT2D eigenvalue weighted by atomic mass is 9.72. The Morgan fingerprint density at radius 3 is 2.44 bits per heavy atom. The zero-order chi connectivity index (χ0) is 23.7. The van der Waals surface area contributed by atoms with E-state index in [2.05, 4.69) is 46.9 Å². The van der Waals surface area contributed by atoms with Crippen molar-refractivity contribution in [2.75, 3.05) is 19.0 Å². The minimum absolute atomic E-state index is 0.0957. The molecule has 1 aromatic carbocycles. The first-order chi connectivity index (χ1) is 14.9. The van der Waals surface area contributed by atoms with E-state index in [1.807, 2.05) is 24.3 Å². The van der Waals surface area contributed by atoms with Gasteiger partial charge >= 0.3 is 5.97 Å². The normalized spacial score (nSPS) is 16.3. The molecule has 0 saturated carbocycles. The molecule has 2 aromatic rings. The zero-order valence-corrected chi connectivity index (χ0v) is 21.1. The molecule has 0 radical (unpaired) electrons. The van der Waals surface area contributed by atoms with Crippen LogP contribution in [0.3, 0.4) is 0 Å². The van der Waals surface area contributed by atoms with Gasteiger partial charge in [0.25, 0.3) is 5.91 Å². The van der Waals surface area contributed by atoms with E-state index in [4.69, 9.17) is 9.47 Å². The van der Waals surface area contributed by atoms with Gasteiger partial charge in [-0.25, -0.2) is 4.79 Å². The van der Waals surface area contributed by atoms with Gasteiger partial charge in [-0.2, -0.15) is 0 Å². The summed E-state index contributed by atoms with van der Waals surface area (Å²) in [5, 5.41) is 3.48. The van der Waals surface area contributed by atoms with Crippen LogP contribution in [-0.4, -0.2) is 25.6 Å². The van der Waals surface area contributed by atoms with Crippen LogP contribution in [0.1, 0.15) is 74.3 Å². The molecule has 0 fully saturated rings. The van der Waals surface area contributed by atoms with Crippen molar-refractivity contribution in [2.24, 2.45) is 11.3 Å². The summed E-state index contributed by atoms with van der Waals surface area (Å²) in [7, 11) is 1.38. The molecular formula is C26H35NO4S. The van der Waals surface area contributed by atoms with Crippen LogP contribution in [0.5, 0.6) is 5.75 Å². The molecule has 1 aliphatic rings. The highest BCUT2D eigenvalue weighted by Gasteiger charge is 2.34. The summed E-state index contributed by atoms with van der Waals surface area (Å²) in [6.07, 6.45) is 2.76. The number of ether oxygens (including phenoxy) is 2. The predicted octanol–water partition coefficient (Wildman–Crippen LogP) is 6.00. The summed E-state index contributed by atoms with van der Waals surface area (Å²) < 4.78 is 10.9. The lowest BCUT2D eigenvalue weighted by Crippen LogP contribution is -2.26. The quantitative estimate of drug-likeness (QED) is 0.559. The van der Waals surface area contributed by atoms with Crippen molar-refractivity contribution in [2.45, 2.75) is 66.2 Å². The number of rotatable bonds is 5. The molecule has 0 aliphatic heterocycles. The third kappa shape index (κ3) is 5.34. The number of fused-ring (bicyclic) bond motifs is 1. The second-order valence-corrected chi connectivity index (χ2v) is 11.7. The van der Waals surface area contributed by atoms with Gasteiger partial charge in [0.15, 0.2) is 6.61 Å². The van der Waals surface area contributed by atoms with E-state index in [1.165, 1.54) is 23.3 Å². The van der Waals surface area contributed by atoms with E-state index in [0.717, 1.165) is 30.4 Å². The molecule has 1 amide bonds. The summed E-state index contributed by atoms with van der Waals surface area (Å²) in [5.74, 6) is 0.553. The smallest absolute Gasteiger partial charge is 0.341 e. The van der Waals surface area contributed by atoms with Crippen molar-refractivity contribution in [3.05, 3.63) is 45.8 Å². The number of benzene rings is 1. The fraction of sp³-hybridized carbons (Fsp3) is 0.538. The maximum Gasteiger partial charge on any atom is 0.341 e. The summed E-state index contributed by atoms with van der Waals surface area (Å²) in [6, 6.07) is 7.76. The predicted molar refractivity (Wildman–Crippen MR) is 130 cm³/mol. The number of anilines is 1. The second-order valence-electron chi connectivity index (χ2n) is 10.6. The Kier molecular flexibility index (Phi) is 7.03. The van der Waals surface area contributed by atoms with Crippen molar-refractivity contribution in [3.8, 4) is 5.75 Å². The van der Waals surface area contributed by atoms with E-state index in [9.17, 15) is 9.59 Å². The average molecular weight is 458 g/mol. The van der Waals surface area contributed by atoms with Crippen LogP contribution >= 0.6 is 11.3 Å². The third-order valence-corrected chi connectivity index (χ3v) is 7.36. The van der Waals surface area contributed by atoms with Gasteiger partial charge in [-0.1, -0.05) is 59.7 Å². The fourth-order valence-corrected chi connectivity index (χ4v) is 5.58.